The van der Waals surface area contributed by atoms with Crippen molar-refractivity contribution < 1.29 is 38.6 Å². The van der Waals surface area contributed by atoms with Gasteiger partial charge in [0, 0.05) is 25.2 Å². The molecule has 0 aromatic heterocycles. The highest BCUT2D eigenvalue weighted by atomic mass is 16.7. The minimum Gasteiger partial charge on any atom is -0.507 e. The summed E-state index contributed by atoms with van der Waals surface area (Å²) in [6.07, 6.45) is -1.68. The third kappa shape index (κ3) is 8.65. The van der Waals surface area contributed by atoms with Gasteiger partial charge in [0.25, 0.3) is 11.6 Å². The molecule has 12 heteroatoms. The average molecular weight is 475 g/mol. The number of hydrogen-bond acceptors (Lipinski definition) is 9. The van der Waals surface area contributed by atoms with E-state index in [1.165, 1.54) is 42.5 Å². The Morgan fingerprint density at radius 3 is 2.29 bits per heavy atom. The number of carbonyl (C=O) groups excluding carboxylic acids is 3. The molecule has 34 heavy (non-hydrogen) atoms. The van der Waals surface area contributed by atoms with Crippen molar-refractivity contribution in [3.63, 3.8) is 0 Å². The van der Waals surface area contributed by atoms with Crippen molar-refractivity contribution in [3.05, 3.63) is 63.7 Å². The number of hydrogen-bond donors (Lipinski definition) is 3. The number of nitrogens with one attached hydrogen (secondary N) is 2. The molecule has 2 rings (SSSR count). The van der Waals surface area contributed by atoms with Crippen LogP contribution in [0.1, 0.15) is 36.7 Å². The minimum atomic E-state index is -1.05. The Bertz CT molecular complexity index is 1050. The van der Waals surface area contributed by atoms with Gasteiger partial charge in [0.15, 0.2) is 0 Å². The third-order valence-electron chi connectivity index (χ3n) is 3.99. The number of phenols is 1. The largest absolute Gasteiger partial charge is 0.514 e. The van der Waals surface area contributed by atoms with E-state index in [1.807, 2.05) is 0 Å². The molecule has 0 radical (unpaired) electrons. The number of nitro groups is 1. The van der Waals surface area contributed by atoms with Crippen molar-refractivity contribution in [1.82, 2.24) is 10.6 Å². The lowest BCUT2D eigenvalue weighted by molar-refractivity contribution is -0.384. The maximum atomic E-state index is 12.4. The van der Waals surface area contributed by atoms with E-state index in [-0.39, 0.29) is 42.4 Å². The molecule has 0 aliphatic heterocycles. The molecule has 2 amide bonds. The van der Waals surface area contributed by atoms with Gasteiger partial charge in [-0.2, -0.15) is 0 Å². The number of benzene rings is 2. The lowest BCUT2D eigenvalue weighted by Gasteiger charge is -2.19. The molecule has 0 atom stereocenters. The Balaban J connectivity index is 1.84. The molecule has 12 nitrogen and oxygen atoms in total. The first kappa shape index (κ1) is 25.9. The molecule has 3 N–H and O–H groups in total. The summed E-state index contributed by atoms with van der Waals surface area (Å²) in [5.41, 5.74) is -0.454. The average Bonchev–Trinajstić information content (AvgIpc) is 2.75. The van der Waals surface area contributed by atoms with E-state index in [2.05, 4.69) is 10.6 Å². The quantitative estimate of drug-likeness (QED) is 0.171. The fourth-order valence-electron chi connectivity index (χ4n) is 2.51. The van der Waals surface area contributed by atoms with Crippen LogP contribution >= 0.6 is 0 Å². The van der Waals surface area contributed by atoms with Gasteiger partial charge >= 0.3 is 12.2 Å². The van der Waals surface area contributed by atoms with Crippen molar-refractivity contribution in [1.29, 1.82) is 0 Å². The maximum absolute atomic E-state index is 12.4. The number of amides is 2. The highest BCUT2D eigenvalue weighted by molar-refractivity contribution is 5.97. The Labute approximate surface area is 195 Å². The zero-order chi connectivity index (χ0) is 25.3. The lowest BCUT2D eigenvalue weighted by Crippen LogP contribution is -2.37. The van der Waals surface area contributed by atoms with Crippen LogP contribution in [0.15, 0.2) is 42.5 Å². The molecular formula is C22H25N3O9. The van der Waals surface area contributed by atoms with Gasteiger partial charge in [-0.1, -0.05) is 6.07 Å². The summed E-state index contributed by atoms with van der Waals surface area (Å²) < 4.78 is 15.0. The third-order valence-corrected chi connectivity index (χ3v) is 3.99. The monoisotopic (exact) mass is 475 g/mol. The van der Waals surface area contributed by atoms with E-state index >= 15 is 0 Å². The molecule has 0 saturated carbocycles. The second kappa shape index (κ2) is 11.5. The molecule has 0 saturated heterocycles. The first-order chi connectivity index (χ1) is 15.9. The van der Waals surface area contributed by atoms with E-state index < -0.39 is 28.7 Å². The molecular weight excluding hydrogens is 450 g/mol. The van der Waals surface area contributed by atoms with E-state index in [9.17, 15) is 29.6 Å². The Morgan fingerprint density at radius 1 is 1.03 bits per heavy atom. The Hall–Kier alpha value is -4.35. The second-order valence-electron chi connectivity index (χ2n) is 7.93. The fraction of sp³-hybridized carbons (Fsp3) is 0.318. The standard InChI is InChI=1S/C22H25N3O9/c1-22(2,3)34-20(28)24-11-10-23-19(27)17-12-14(4-9-18(17)26)13-32-21(29)33-16-7-5-15(6-8-16)25(30)31/h4-9,12,26H,10-11,13H2,1-3H3,(H,23,27)(H,24,28). The van der Waals surface area contributed by atoms with Crippen LogP contribution < -0.4 is 15.4 Å². The zero-order valence-electron chi connectivity index (χ0n) is 18.8. The second-order valence-corrected chi connectivity index (χ2v) is 7.93. The number of ether oxygens (including phenoxy) is 3. The van der Waals surface area contributed by atoms with Gasteiger partial charge in [-0.15, -0.1) is 0 Å². The highest BCUT2D eigenvalue weighted by Crippen LogP contribution is 2.20. The van der Waals surface area contributed by atoms with Gasteiger partial charge in [0.05, 0.1) is 10.5 Å². The summed E-state index contributed by atoms with van der Waals surface area (Å²) in [6.45, 7) is 5.11. The molecule has 0 heterocycles. The van der Waals surface area contributed by atoms with E-state index in [0.717, 1.165) is 0 Å². The summed E-state index contributed by atoms with van der Waals surface area (Å²) in [7, 11) is 0. The van der Waals surface area contributed by atoms with Gasteiger partial charge < -0.3 is 30.0 Å². The fourth-order valence-corrected chi connectivity index (χ4v) is 2.51. The topological polar surface area (TPSA) is 166 Å². The Kier molecular flexibility index (Phi) is 8.76. The van der Waals surface area contributed by atoms with Crippen molar-refractivity contribution in [2.75, 3.05) is 13.1 Å². The minimum absolute atomic E-state index is 0.0536. The summed E-state index contributed by atoms with van der Waals surface area (Å²) in [5.74, 6) is -0.824. The number of nitrogens with zero attached hydrogens (tertiary/aromatic N) is 1. The summed E-state index contributed by atoms with van der Waals surface area (Å²) in [4.78, 5) is 45.9. The summed E-state index contributed by atoms with van der Waals surface area (Å²) in [5, 5.41) is 25.7. The van der Waals surface area contributed by atoms with Crippen LogP contribution in [0.5, 0.6) is 11.5 Å². The van der Waals surface area contributed by atoms with Gasteiger partial charge in [0.1, 0.15) is 23.7 Å². The van der Waals surface area contributed by atoms with Gasteiger partial charge in [-0.25, -0.2) is 9.59 Å². The summed E-state index contributed by atoms with van der Waals surface area (Å²) in [6, 6.07) is 8.92. The molecule has 0 bridgehead atoms. The van der Waals surface area contributed by atoms with Crippen molar-refractivity contribution >= 4 is 23.8 Å². The molecule has 0 aliphatic carbocycles. The normalized spacial score (nSPS) is 10.7. The molecule has 0 spiro atoms. The van der Waals surface area contributed by atoms with Crippen LogP contribution in [0, 0.1) is 10.1 Å². The van der Waals surface area contributed by atoms with Crippen LogP contribution in [0.4, 0.5) is 15.3 Å². The smallest absolute Gasteiger partial charge is 0.507 e. The van der Waals surface area contributed by atoms with Gasteiger partial charge in [0.2, 0.25) is 0 Å². The molecule has 0 aliphatic rings. The molecule has 2 aromatic carbocycles. The van der Waals surface area contributed by atoms with Crippen molar-refractivity contribution in [2.24, 2.45) is 0 Å². The van der Waals surface area contributed by atoms with Crippen molar-refractivity contribution in [2.45, 2.75) is 33.0 Å². The number of alkyl carbamates (subject to hydrolysis) is 1. The van der Waals surface area contributed by atoms with E-state index in [1.54, 1.807) is 20.8 Å². The highest BCUT2D eigenvalue weighted by Gasteiger charge is 2.16. The van der Waals surface area contributed by atoms with E-state index in [0.29, 0.717) is 5.56 Å². The zero-order valence-corrected chi connectivity index (χ0v) is 18.8. The molecule has 0 unspecified atom stereocenters. The number of carbonyl (C=O) groups is 3. The lowest BCUT2D eigenvalue weighted by atomic mass is 10.1. The molecule has 0 fully saturated rings. The molecule has 2 aromatic rings. The number of nitro benzene ring substituents is 1. The number of rotatable bonds is 8. The van der Waals surface area contributed by atoms with Crippen LogP contribution in [-0.2, 0) is 16.1 Å². The van der Waals surface area contributed by atoms with Crippen LogP contribution in [0.25, 0.3) is 0 Å². The SMILES string of the molecule is CC(C)(C)OC(=O)NCCNC(=O)c1cc(COC(=O)Oc2ccc([N+](=O)[O-])cc2)ccc1O. The maximum Gasteiger partial charge on any atom is 0.514 e. The van der Waals surface area contributed by atoms with Crippen LogP contribution in [0.2, 0.25) is 0 Å². The van der Waals surface area contributed by atoms with Crippen molar-refractivity contribution in [3.8, 4) is 11.5 Å². The predicted molar refractivity (Wildman–Crippen MR) is 119 cm³/mol. The van der Waals surface area contributed by atoms with Gasteiger partial charge in [-0.3, -0.25) is 14.9 Å². The first-order valence-electron chi connectivity index (χ1n) is 10.1. The van der Waals surface area contributed by atoms with Crippen LogP contribution in [0.3, 0.4) is 0 Å². The molecule has 182 valence electrons. The number of phenolic OH excluding ortho intramolecular Hbond substituents is 1. The Morgan fingerprint density at radius 2 is 1.68 bits per heavy atom. The van der Waals surface area contributed by atoms with E-state index in [4.69, 9.17) is 14.2 Å². The first-order valence-corrected chi connectivity index (χ1v) is 10.1. The summed E-state index contributed by atoms with van der Waals surface area (Å²) >= 11 is 0. The van der Waals surface area contributed by atoms with Gasteiger partial charge in [-0.05, 0) is 50.6 Å². The predicted octanol–water partition coefficient (Wildman–Crippen LogP) is 3.27. The number of aromatic hydroxyl groups is 1. The number of non-ortho nitro benzene ring substituents is 1. The van der Waals surface area contributed by atoms with Crippen LogP contribution in [-0.4, -0.2) is 46.9 Å².